The second kappa shape index (κ2) is 8.60. The van der Waals surface area contributed by atoms with Gasteiger partial charge in [-0.3, -0.25) is 4.79 Å². The quantitative estimate of drug-likeness (QED) is 0.747. The number of nitrogens with two attached hydrogens (primary N) is 1. The van der Waals surface area contributed by atoms with E-state index in [1.807, 2.05) is 42.5 Å². The Hall–Kier alpha value is -1.20. The van der Waals surface area contributed by atoms with Gasteiger partial charge in [-0.05, 0) is 35.4 Å². The molecule has 2 rings (SSSR count). The second-order valence-corrected chi connectivity index (χ2v) is 7.12. The third-order valence-electron chi connectivity index (χ3n) is 3.38. The molecule has 0 amide bonds. The van der Waals surface area contributed by atoms with Gasteiger partial charge in [0.1, 0.15) is 6.04 Å². The Labute approximate surface area is 149 Å². The summed E-state index contributed by atoms with van der Waals surface area (Å²) in [5.41, 5.74) is 7.63. The van der Waals surface area contributed by atoms with Crippen molar-refractivity contribution >= 4 is 40.9 Å². The maximum atomic E-state index is 10.8. The molecule has 0 saturated carbocycles. The summed E-state index contributed by atoms with van der Waals surface area (Å²) >= 11 is 13.9. The summed E-state index contributed by atoms with van der Waals surface area (Å²) < 4.78 is 0. The number of benzene rings is 2. The van der Waals surface area contributed by atoms with E-state index >= 15 is 0 Å². The Morgan fingerprint density at radius 3 is 2.48 bits per heavy atom. The summed E-state index contributed by atoms with van der Waals surface area (Å²) in [4.78, 5) is 10.8. The van der Waals surface area contributed by atoms with Gasteiger partial charge in [-0.1, -0.05) is 59.6 Å². The van der Waals surface area contributed by atoms with Gasteiger partial charge in [0.05, 0.1) is 5.25 Å². The monoisotopic (exact) mass is 369 g/mol. The molecule has 0 aromatic heterocycles. The molecule has 0 spiro atoms. The minimum Gasteiger partial charge on any atom is -0.480 e. The highest BCUT2D eigenvalue weighted by atomic mass is 35.5. The van der Waals surface area contributed by atoms with Crippen LogP contribution in [0.4, 0.5) is 0 Å². The van der Waals surface area contributed by atoms with Gasteiger partial charge in [-0.2, -0.15) is 0 Å². The van der Waals surface area contributed by atoms with Crippen molar-refractivity contribution in [3.05, 3.63) is 69.7 Å². The van der Waals surface area contributed by atoms with E-state index in [-0.39, 0.29) is 5.25 Å². The van der Waals surface area contributed by atoms with Gasteiger partial charge in [-0.25, -0.2) is 0 Å². The number of halogens is 2. The lowest BCUT2D eigenvalue weighted by Crippen LogP contribution is -2.30. The fraction of sp³-hybridized carbons (Fsp3) is 0.235. The first-order valence-electron chi connectivity index (χ1n) is 7.09. The number of aliphatic carboxylic acids is 1. The average molecular weight is 370 g/mol. The van der Waals surface area contributed by atoms with Crippen LogP contribution in [0.5, 0.6) is 0 Å². The van der Waals surface area contributed by atoms with Crippen LogP contribution < -0.4 is 5.73 Å². The van der Waals surface area contributed by atoms with E-state index in [1.54, 1.807) is 17.8 Å². The highest BCUT2D eigenvalue weighted by molar-refractivity contribution is 7.99. The fourth-order valence-electron chi connectivity index (χ4n) is 2.14. The Balaban J connectivity index is 2.21. The van der Waals surface area contributed by atoms with E-state index in [2.05, 4.69) is 0 Å². The molecule has 0 saturated heterocycles. The molecule has 23 heavy (non-hydrogen) atoms. The van der Waals surface area contributed by atoms with Crippen molar-refractivity contribution in [3.63, 3.8) is 0 Å². The molecule has 3 nitrogen and oxygen atoms in total. The maximum absolute atomic E-state index is 10.8. The van der Waals surface area contributed by atoms with Crippen molar-refractivity contribution in [1.82, 2.24) is 0 Å². The van der Waals surface area contributed by atoms with Gasteiger partial charge in [0.15, 0.2) is 0 Å². The standard InChI is InChI=1S/C17H17Cl2NO2S/c18-12-6-7-13(14(19)10-12)16(11-4-2-1-3-5-11)23-9-8-15(20)17(21)22/h1-7,10,15-16H,8-9,20H2,(H,21,22). The first kappa shape index (κ1) is 18.1. The maximum Gasteiger partial charge on any atom is 0.320 e. The molecule has 0 radical (unpaired) electrons. The van der Waals surface area contributed by atoms with Gasteiger partial charge in [0.2, 0.25) is 0 Å². The third kappa shape index (κ3) is 5.15. The largest absolute Gasteiger partial charge is 0.480 e. The highest BCUT2D eigenvalue weighted by Crippen LogP contribution is 2.40. The van der Waals surface area contributed by atoms with E-state index in [9.17, 15) is 4.79 Å². The molecule has 0 fully saturated rings. The first-order valence-corrected chi connectivity index (χ1v) is 8.89. The van der Waals surface area contributed by atoms with Crippen LogP contribution in [-0.2, 0) is 4.79 Å². The zero-order chi connectivity index (χ0) is 16.8. The molecule has 2 aromatic rings. The van der Waals surface area contributed by atoms with Gasteiger partial charge in [-0.15, -0.1) is 11.8 Å². The molecular formula is C17H17Cl2NO2S. The first-order chi connectivity index (χ1) is 11.0. The van der Waals surface area contributed by atoms with Crippen LogP contribution >= 0.6 is 35.0 Å². The summed E-state index contributed by atoms with van der Waals surface area (Å²) in [5, 5.41) is 10.1. The summed E-state index contributed by atoms with van der Waals surface area (Å²) in [7, 11) is 0. The highest BCUT2D eigenvalue weighted by Gasteiger charge is 2.19. The van der Waals surface area contributed by atoms with Crippen molar-refractivity contribution in [2.45, 2.75) is 17.7 Å². The van der Waals surface area contributed by atoms with Crippen LogP contribution in [0.15, 0.2) is 48.5 Å². The molecule has 122 valence electrons. The molecule has 2 atom stereocenters. The lowest BCUT2D eigenvalue weighted by molar-refractivity contribution is -0.138. The molecule has 2 aromatic carbocycles. The molecule has 0 aliphatic rings. The van der Waals surface area contributed by atoms with Gasteiger partial charge in [0.25, 0.3) is 0 Å². The van der Waals surface area contributed by atoms with Crippen LogP contribution in [0, 0.1) is 0 Å². The van der Waals surface area contributed by atoms with Gasteiger partial charge in [0, 0.05) is 10.0 Å². The van der Waals surface area contributed by atoms with E-state index in [1.165, 1.54) is 0 Å². The molecule has 0 aliphatic carbocycles. The third-order valence-corrected chi connectivity index (χ3v) is 5.27. The normalized spacial score (nSPS) is 13.5. The van der Waals surface area contributed by atoms with Crippen LogP contribution in [0.25, 0.3) is 0 Å². The summed E-state index contributed by atoms with van der Waals surface area (Å²) in [6.07, 6.45) is 0.397. The zero-order valence-corrected chi connectivity index (χ0v) is 14.6. The Morgan fingerprint density at radius 1 is 1.17 bits per heavy atom. The van der Waals surface area contributed by atoms with Crippen molar-refractivity contribution in [3.8, 4) is 0 Å². The number of carboxylic acids is 1. The topological polar surface area (TPSA) is 63.3 Å². The number of rotatable bonds is 7. The molecule has 0 bridgehead atoms. The lowest BCUT2D eigenvalue weighted by atomic mass is 10.0. The van der Waals surface area contributed by atoms with Crippen molar-refractivity contribution in [1.29, 1.82) is 0 Å². The lowest BCUT2D eigenvalue weighted by Gasteiger charge is -2.19. The van der Waals surface area contributed by atoms with Crippen molar-refractivity contribution < 1.29 is 9.90 Å². The summed E-state index contributed by atoms with van der Waals surface area (Å²) in [6.45, 7) is 0. The Kier molecular flexibility index (Phi) is 6.78. The predicted octanol–water partition coefficient (Wildman–Crippen LogP) is 4.62. The van der Waals surface area contributed by atoms with Crippen LogP contribution in [0.3, 0.4) is 0 Å². The minimum absolute atomic E-state index is 0.00182. The number of carboxylic acid groups (broad SMARTS) is 1. The molecule has 6 heteroatoms. The average Bonchev–Trinajstić information content (AvgIpc) is 2.53. The van der Waals surface area contributed by atoms with Crippen LogP contribution in [-0.4, -0.2) is 22.9 Å². The number of carbonyl (C=O) groups is 1. The van der Waals surface area contributed by atoms with E-state index in [4.69, 9.17) is 34.0 Å². The Morgan fingerprint density at radius 2 is 1.87 bits per heavy atom. The van der Waals surface area contributed by atoms with Crippen molar-refractivity contribution in [2.75, 3.05) is 5.75 Å². The second-order valence-electron chi connectivity index (χ2n) is 5.06. The molecular weight excluding hydrogens is 353 g/mol. The smallest absolute Gasteiger partial charge is 0.320 e. The van der Waals surface area contributed by atoms with Gasteiger partial charge < -0.3 is 10.8 Å². The molecule has 3 N–H and O–H groups in total. The zero-order valence-electron chi connectivity index (χ0n) is 12.3. The molecule has 2 unspecified atom stereocenters. The van der Waals surface area contributed by atoms with Crippen LogP contribution in [0.2, 0.25) is 10.0 Å². The number of thioether (sulfide) groups is 1. The molecule has 0 aliphatic heterocycles. The number of hydrogen-bond donors (Lipinski definition) is 2. The fourth-order valence-corrected chi connectivity index (χ4v) is 4.09. The number of hydrogen-bond acceptors (Lipinski definition) is 3. The van der Waals surface area contributed by atoms with E-state index in [0.29, 0.717) is 22.2 Å². The van der Waals surface area contributed by atoms with Gasteiger partial charge >= 0.3 is 5.97 Å². The SMILES string of the molecule is NC(CCSC(c1ccccc1)c1ccc(Cl)cc1Cl)C(=O)O. The van der Waals surface area contributed by atoms with E-state index in [0.717, 1.165) is 11.1 Å². The van der Waals surface area contributed by atoms with E-state index < -0.39 is 12.0 Å². The van der Waals surface area contributed by atoms with Crippen LogP contribution in [0.1, 0.15) is 22.8 Å². The predicted molar refractivity (Wildman–Crippen MR) is 97.4 cm³/mol. The van der Waals surface area contributed by atoms with Crippen molar-refractivity contribution in [2.24, 2.45) is 5.73 Å². The summed E-state index contributed by atoms with van der Waals surface area (Å²) in [5.74, 6) is -0.363. The molecule has 0 heterocycles. The Bertz CT molecular complexity index is 667. The minimum atomic E-state index is -0.980. The summed E-state index contributed by atoms with van der Waals surface area (Å²) in [6, 6.07) is 14.5.